The molecule has 296 valence electrons. The Morgan fingerprint density at radius 1 is 0.391 bits per heavy atom. The van der Waals surface area contributed by atoms with E-state index in [-0.39, 0.29) is 13.4 Å². The molecule has 0 atom stereocenters. The van der Waals surface area contributed by atoms with Gasteiger partial charge in [-0.2, -0.15) is 0 Å². The third-order valence-electron chi connectivity index (χ3n) is 14.4. The zero-order valence-electron chi connectivity index (χ0n) is 34.6. The van der Waals surface area contributed by atoms with Crippen molar-refractivity contribution in [3.8, 4) is 56.8 Å². The van der Waals surface area contributed by atoms with Gasteiger partial charge in [0.2, 0.25) is 0 Å². The Bertz CT molecular complexity index is 3730. The van der Waals surface area contributed by atoms with Crippen LogP contribution in [0.2, 0.25) is 0 Å². The van der Waals surface area contributed by atoms with E-state index in [1.54, 1.807) is 0 Å². The summed E-state index contributed by atoms with van der Waals surface area (Å²) in [5, 5.41) is 4.28. The standard InChI is InChI=1S/C56H31B2NO5/c1-28-21-36-50-44(23-28)60-45-24-29(2)22-37-51(45)59(50)52-48-42(63-55-38(57(36)48)25-34-32-17-9-11-19-40(32)61-53(34)46(55)30-13-5-3-6-14-30)27-43-49(52)58(37)39-26-35-33-18-10-12-20-41(33)62-54(35)47(56(39)64-43)31-15-7-4-8-16-31/h3-27H,1-2H3. The second-order valence-corrected chi connectivity index (χ2v) is 18.0. The first-order valence-electron chi connectivity index (χ1n) is 22.0. The quantitative estimate of drug-likeness (QED) is 0.162. The van der Waals surface area contributed by atoms with E-state index in [0.29, 0.717) is 0 Å². The molecule has 6 nitrogen and oxygen atoms in total. The maximum absolute atomic E-state index is 7.48. The van der Waals surface area contributed by atoms with E-state index in [1.807, 2.05) is 12.1 Å². The highest BCUT2D eigenvalue weighted by atomic mass is 16.5. The van der Waals surface area contributed by atoms with Crippen molar-refractivity contribution in [2.75, 3.05) is 4.90 Å². The summed E-state index contributed by atoms with van der Waals surface area (Å²) >= 11 is 0. The molecule has 2 aromatic heterocycles. The minimum absolute atomic E-state index is 0.191. The number of hydrogen-bond acceptors (Lipinski definition) is 6. The molecule has 0 amide bonds. The molecule has 0 aliphatic carbocycles. The molecule has 8 heteroatoms. The molecular weight excluding hydrogens is 788 g/mol. The van der Waals surface area contributed by atoms with Crippen molar-refractivity contribution in [1.82, 2.24) is 0 Å². The lowest BCUT2D eigenvalue weighted by Gasteiger charge is -2.49. The highest BCUT2D eigenvalue weighted by Gasteiger charge is 2.54. The molecule has 16 rings (SSSR count). The zero-order chi connectivity index (χ0) is 41.7. The van der Waals surface area contributed by atoms with Crippen LogP contribution in [-0.2, 0) is 0 Å². The molecule has 0 N–H and O–H groups in total. The van der Waals surface area contributed by atoms with Crippen molar-refractivity contribution in [2.24, 2.45) is 0 Å². The maximum Gasteiger partial charge on any atom is 0.256 e. The Hall–Kier alpha value is -8.09. The third kappa shape index (κ3) is 4.01. The van der Waals surface area contributed by atoms with Crippen LogP contribution in [0.5, 0.6) is 34.5 Å². The van der Waals surface area contributed by atoms with Gasteiger partial charge < -0.3 is 27.9 Å². The van der Waals surface area contributed by atoms with Crippen molar-refractivity contribution in [3.63, 3.8) is 0 Å². The van der Waals surface area contributed by atoms with Crippen molar-refractivity contribution in [1.29, 1.82) is 0 Å². The van der Waals surface area contributed by atoms with E-state index >= 15 is 0 Å². The predicted molar refractivity (Wildman–Crippen MR) is 258 cm³/mol. The molecule has 0 radical (unpaired) electrons. The molecule has 0 spiro atoms. The summed E-state index contributed by atoms with van der Waals surface area (Å²) in [6.45, 7) is 3.96. The molecule has 0 fully saturated rings. The first-order valence-corrected chi connectivity index (χ1v) is 22.0. The Balaban J connectivity index is 1.07. The monoisotopic (exact) mass is 819 g/mol. The van der Waals surface area contributed by atoms with Gasteiger partial charge in [0.1, 0.15) is 45.3 Å². The number of benzene rings is 9. The number of aryl methyl sites for hydroxylation is 2. The summed E-state index contributed by atoms with van der Waals surface area (Å²) < 4.78 is 35.7. The fraction of sp³-hybridized carbons (Fsp3) is 0.0357. The number of fused-ring (bicyclic) bond motifs is 12. The molecule has 0 saturated carbocycles. The minimum atomic E-state index is -0.191. The largest absolute Gasteiger partial charge is 0.457 e. The molecule has 7 heterocycles. The van der Waals surface area contributed by atoms with Gasteiger partial charge in [0.25, 0.3) is 13.4 Å². The number of furan rings is 2. The average molecular weight is 819 g/mol. The van der Waals surface area contributed by atoms with Crippen LogP contribution < -0.4 is 51.9 Å². The van der Waals surface area contributed by atoms with E-state index in [2.05, 4.69) is 158 Å². The van der Waals surface area contributed by atoms with Crippen LogP contribution in [0.15, 0.2) is 160 Å². The topological polar surface area (TPSA) is 57.2 Å². The summed E-state index contributed by atoms with van der Waals surface area (Å²) in [5.41, 5.74) is 19.6. The Kier molecular flexibility index (Phi) is 6.01. The molecule has 9 aromatic carbocycles. The highest BCUT2D eigenvalue weighted by molar-refractivity contribution is 7.04. The molecule has 64 heavy (non-hydrogen) atoms. The van der Waals surface area contributed by atoms with E-state index < -0.39 is 0 Å². The van der Waals surface area contributed by atoms with Gasteiger partial charge >= 0.3 is 0 Å². The molecule has 0 bridgehead atoms. The minimum Gasteiger partial charge on any atom is -0.457 e. The van der Waals surface area contributed by atoms with Crippen molar-refractivity contribution < 1.29 is 23.0 Å². The number of para-hydroxylation sites is 2. The Morgan fingerprint density at radius 2 is 0.844 bits per heavy atom. The number of nitrogens with zero attached hydrogens (tertiary/aromatic N) is 1. The second kappa shape index (κ2) is 11.5. The van der Waals surface area contributed by atoms with Gasteiger partial charge in [0.15, 0.2) is 11.5 Å². The second-order valence-electron chi connectivity index (χ2n) is 18.0. The molecular formula is C56H31B2NO5. The first-order chi connectivity index (χ1) is 31.6. The van der Waals surface area contributed by atoms with Gasteiger partial charge in [-0.05, 0) is 93.1 Å². The van der Waals surface area contributed by atoms with E-state index in [9.17, 15) is 0 Å². The lowest BCUT2D eigenvalue weighted by Crippen LogP contribution is -2.67. The van der Waals surface area contributed by atoms with Crippen molar-refractivity contribution >= 4 is 107 Å². The van der Waals surface area contributed by atoms with Crippen LogP contribution in [0.1, 0.15) is 11.1 Å². The van der Waals surface area contributed by atoms with Gasteiger partial charge in [-0.15, -0.1) is 0 Å². The summed E-state index contributed by atoms with van der Waals surface area (Å²) in [7, 11) is 0. The van der Waals surface area contributed by atoms with E-state index in [4.69, 9.17) is 23.0 Å². The Labute approximate surface area is 367 Å². The van der Waals surface area contributed by atoms with Crippen molar-refractivity contribution in [2.45, 2.75) is 13.8 Å². The number of ether oxygens (including phenoxy) is 3. The number of anilines is 3. The summed E-state index contributed by atoms with van der Waals surface area (Å²) in [5.74, 6) is 4.81. The SMILES string of the molecule is Cc1cc2c3c(c1)B1c4cc5c(oc6ccccc65)c(-c5ccccc5)c4Oc4cc5c6c(c41)N3c1c(cc(C)cc1B6c1cc3c(oc4ccccc43)c(-c3ccccc3)c1O5)O2. The third-order valence-corrected chi connectivity index (χ3v) is 14.4. The summed E-state index contributed by atoms with van der Waals surface area (Å²) in [6, 6.07) is 53.7. The molecule has 0 unspecified atom stereocenters. The molecule has 5 aliphatic heterocycles. The lowest BCUT2D eigenvalue weighted by atomic mass is 9.29. The van der Waals surface area contributed by atoms with Crippen molar-refractivity contribution in [3.05, 3.63) is 163 Å². The average Bonchev–Trinajstić information content (AvgIpc) is 3.88. The van der Waals surface area contributed by atoms with Crippen LogP contribution in [0, 0.1) is 13.8 Å². The van der Waals surface area contributed by atoms with E-state index in [1.165, 1.54) is 10.9 Å². The fourth-order valence-electron chi connectivity index (χ4n) is 12.0. The fourth-order valence-corrected chi connectivity index (χ4v) is 12.0. The zero-order valence-corrected chi connectivity index (χ0v) is 34.6. The lowest BCUT2D eigenvalue weighted by molar-refractivity contribution is 0.465. The summed E-state index contributed by atoms with van der Waals surface area (Å²) in [4.78, 5) is 2.48. The summed E-state index contributed by atoms with van der Waals surface area (Å²) in [6.07, 6.45) is 0. The molecule has 0 saturated heterocycles. The normalized spacial score (nSPS) is 14.1. The first kappa shape index (κ1) is 33.5. The molecule has 5 aliphatic rings. The van der Waals surface area contributed by atoms with Gasteiger partial charge in [0.05, 0.1) is 22.5 Å². The van der Waals surface area contributed by atoms with E-state index in [0.717, 1.165) is 151 Å². The van der Waals surface area contributed by atoms with Crippen LogP contribution in [0.4, 0.5) is 17.1 Å². The van der Waals surface area contributed by atoms with Crippen LogP contribution in [0.3, 0.4) is 0 Å². The Morgan fingerprint density at radius 3 is 1.33 bits per heavy atom. The predicted octanol–water partition coefficient (Wildman–Crippen LogP) is 10.9. The van der Waals surface area contributed by atoms with Crippen LogP contribution in [-0.4, -0.2) is 13.4 Å². The van der Waals surface area contributed by atoms with Gasteiger partial charge in [-0.1, -0.05) is 121 Å². The van der Waals surface area contributed by atoms with Crippen LogP contribution >= 0.6 is 0 Å². The maximum atomic E-state index is 7.48. The van der Waals surface area contributed by atoms with Crippen LogP contribution in [0.25, 0.3) is 66.1 Å². The van der Waals surface area contributed by atoms with Gasteiger partial charge in [-0.25, -0.2) is 0 Å². The van der Waals surface area contributed by atoms with Gasteiger partial charge in [-0.3, -0.25) is 0 Å². The van der Waals surface area contributed by atoms with Gasteiger partial charge in [0, 0.05) is 33.3 Å². The number of hydrogen-bond donors (Lipinski definition) is 0. The molecule has 11 aromatic rings. The highest BCUT2D eigenvalue weighted by Crippen LogP contribution is 2.56. The smallest absolute Gasteiger partial charge is 0.256 e. The number of rotatable bonds is 2.